The second-order valence-electron chi connectivity index (χ2n) is 4.18. The number of amides is 1. The van der Waals surface area contributed by atoms with Gasteiger partial charge in [0.25, 0.3) is 0 Å². The zero-order chi connectivity index (χ0) is 17.1. The first-order valence-electron chi connectivity index (χ1n) is 5.74. The molecule has 0 aromatic heterocycles. The van der Waals surface area contributed by atoms with Crippen LogP contribution in [0.2, 0.25) is 6.55 Å². The number of halogens is 5. The van der Waals surface area contributed by atoms with E-state index in [1.165, 1.54) is 14.2 Å². The summed E-state index contributed by atoms with van der Waals surface area (Å²) in [5, 5.41) is 2.06. The summed E-state index contributed by atoms with van der Waals surface area (Å²) in [6.07, 6.45) is -1.59. The smallest absolute Gasteiger partial charge is 0.404 e. The molecule has 0 saturated carbocycles. The molecule has 0 aliphatic carbocycles. The molecule has 0 heterocycles. The van der Waals surface area contributed by atoms with Crippen molar-refractivity contribution >= 4 is 14.7 Å². The summed E-state index contributed by atoms with van der Waals surface area (Å²) in [7, 11) is -0.0905. The second-order valence-corrected chi connectivity index (χ2v) is 7.62. The third-order valence-electron chi connectivity index (χ3n) is 2.78. The maximum atomic E-state index is 13.3. The van der Waals surface area contributed by atoms with E-state index in [1.807, 2.05) is 0 Å². The summed E-state index contributed by atoms with van der Waals surface area (Å²) in [5.74, 6) is -13.0. The molecule has 1 amide bonds. The predicted molar refractivity (Wildman–Crippen MR) is 65.9 cm³/mol. The van der Waals surface area contributed by atoms with Crippen LogP contribution in [-0.4, -0.2) is 35.0 Å². The molecule has 0 saturated heterocycles. The van der Waals surface area contributed by atoms with Crippen molar-refractivity contribution in [1.82, 2.24) is 5.32 Å². The molecule has 1 rings (SSSR count). The maximum Gasteiger partial charge on any atom is 0.412 e. The topological polar surface area (TPSA) is 56.8 Å². The first-order valence-corrected chi connectivity index (χ1v) is 8.26. The van der Waals surface area contributed by atoms with Crippen molar-refractivity contribution in [2.24, 2.45) is 0 Å². The van der Waals surface area contributed by atoms with E-state index < -0.39 is 49.5 Å². The van der Waals surface area contributed by atoms with Crippen LogP contribution in [0, 0.1) is 29.1 Å². The van der Waals surface area contributed by atoms with E-state index in [1.54, 1.807) is 6.55 Å². The van der Waals surface area contributed by atoms with Crippen molar-refractivity contribution in [2.45, 2.75) is 6.55 Å². The van der Waals surface area contributed by atoms with Gasteiger partial charge in [0.05, 0.1) is 6.17 Å². The highest BCUT2D eigenvalue weighted by Crippen LogP contribution is 2.29. The Labute approximate surface area is 123 Å². The Hall–Kier alpha value is -1.72. The first-order chi connectivity index (χ1) is 10.2. The second kappa shape index (κ2) is 7.02. The zero-order valence-corrected chi connectivity index (χ0v) is 12.7. The van der Waals surface area contributed by atoms with Gasteiger partial charge >= 0.3 is 14.7 Å². The molecule has 0 aliphatic rings. The summed E-state index contributed by atoms with van der Waals surface area (Å²) in [4.78, 5) is 11.4. The molecule has 0 radical (unpaired) electrons. The maximum absolute atomic E-state index is 13.3. The number of hydrogen-bond donors (Lipinski definition) is 1. The van der Waals surface area contributed by atoms with Gasteiger partial charge in [-0.1, -0.05) is 0 Å². The van der Waals surface area contributed by atoms with Crippen molar-refractivity contribution in [3.8, 4) is 5.75 Å². The van der Waals surface area contributed by atoms with Gasteiger partial charge < -0.3 is 18.9 Å². The fraction of sp³-hybridized carbons (Fsp3) is 0.364. The SMILES string of the molecule is CO[Si](C)(CNC(=O)Oc1c(F)c(F)c(F)c(F)c1F)OC. The third kappa shape index (κ3) is 3.72. The number of carbonyl (C=O) groups is 1. The van der Waals surface area contributed by atoms with Crippen LogP contribution in [0.4, 0.5) is 26.7 Å². The van der Waals surface area contributed by atoms with Crippen molar-refractivity contribution in [2.75, 3.05) is 20.4 Å². The normalized spacial score (nSPS) is 11.5. The van der Waals surface area contributed by atoms with Crippen LogP contribution in [0.3, 0.4) is 0 Å². The van der Waals surface area contributed by atoms with Crippen LogP contribution in [0.5, 0.6) is 5.75 Å². The van der Waals surface area contributed by atoms with E-state index in [4.69, 9.17) is 8.85 Å². The molecule has 1 aromatic rings. The van der Waals surface area contributed by atoms with Crippen LogP contribution in [0.1, 0.15) is 0 Å². The number of nitrogens with one attached hydrogen (secondary N) is 1. The Morgan fingerprint density at radius 1 is 0.955 bits per heavy atom. The van der Waals surface area contributed by atoms with E-state index >= 15 is 0 Å². The number of carbonyl (C=O) groups excluding carboxylic acids is 1. The average molecular weight is 345 g/mol. The van der Waals surface area contributed by atoms with Gasteiger partial charge in [-0.25, -0.2) is 18.0 Å². The molecular formula is C11H12F5NO4Si. The van der Waals surface area contributed by atoms with E-state index in [-0.39, 0.29) is 6.17 Å². The number of rotatable bonds is 5. The minimum Gasteiger partial charge on any atom is -0.404 e. The highest BCUT2D eigenvalue weighted by Gasteiger charge is 2.31. The lowest BCUT2D eigenvalue weighted by atomic mass is 10.3. The minimum absolute atomic E-state index is 0.172. The van der Waals surface area contributed by atoms with E-state index in [0.717, 1.165) is 0 Å². The Morgan fingerprint density at radius 2 is 1.36 bits per heavy atom. The Kier molecular flexibility index (Phi) is 5.85. The quantitative estimate of drug-likeness (QED) is 0.385. The van der Waals surface area contributed by atoms with Crippen molar-refractivity contribution in [3.05, 3.63) is 29.1 Å². The van der Waals surface area contributed by atoms with E-state index in [9.17, 15) is 26.7 Å². The largest absolute Gasteiger partial charge is 0.412 e. The van der Waals surface area contributed by atoms with Crippen LogP contribution in [0.25, 0.3) is 0 Å². The molecule has 0 bridgehead atoms. The Balaban J connectivity index is 2.90. The molecule has 11 heteroatoms. The molecule has 0 aliphatic heterocycles. The van der Waals surface area contributed by atoms with E-state index in [0.29, 0.717) is 0 Å². The first kappa shape index (κ1) is 18.3. The number of benzene rings is 1. The van der Waals surface area contributed by atoms with Crippen molar-refractivity contribution in [1.29, 1.82) is 0 Å². The van der Waals surface area contributed by atoms with Gasteiger partial charge in [-0.2, -0.15) is 8.78 Å². The van der Waals surface area contributed by atoms with Crippen LogP contribution < -0.4 is 10.1 Å². The Bertz CT molecular complexity index is 553. The Morgan fingerprint density at radius 3 is 1.77 bits per heavy atom. The predicted octanol–water partition coefficient (Wildman–Crippen LogP) is 2.37. The fourth-order valence-electron chi connectivity index (χ4n) is 1.26. The van der Waals surface area contributed by atoms with Crippen molar-refractivity contribution in [3.63, 3.8) is 0 Å². The molecule has 0 unspecified atom stereocenters. The monoisotopic (exact) mass is 345 g/mol. The van der Waals surface area contributed by atoms with E-state index in [2.05, 4.69) is 10.1 Å². The molecule has 124 valence electrons. The van der Waals surface area contributed by atoms with Gasteiger partial charge in [-0.15, -0.1) is 0 Å². The zero-order valence-electron chi connectivity index (χ0n) is 11.7. The number of ether oxygens (including phenoxy) is 1. The molecule has 22 heavy (non-hydrogen) atoms. The highest BCUT2D eigenvalue weighted by molar-refractivity contribution is 6.66. The van der Waals surface area contributed by atoms with Crippen molar-refractivity contribution < 1.29 is 40.3 Å². The summed E-state index contributed by atoms with van der Waals surface area (Å²) >= 11 is 0. The van der Waals surface area contributed by atoms with Crippen LogP contribution >= 0.6 is 0 Å². The standard InChI is InChI=1S/C11H12F5NO4Si/c1-19-22(3,20-2)4-17-11(18)21-10-8(15)6(13)5(12)7(14)9(10)16/h4H2,1-3H3,(H,17,18). The van der Waals surface area contributed by atoms with Gasteiger partial charge in [0.2, 0.25) is 34.8 Å². The number of hydrogen-bond acceptors (Lipinski definition) is 4. The molecular weight excluding hydrogens is 333 g/mol. The molecule has 1 N–H and O–H groups in total. The molecule has 0 spiro atoms. The lowest BCUT2D eigenvalue weighted by Crippen LogP contribution is -2.49. The molecule has 1 aromatic carbocycles. The molecule has 0 atom stereocenters. The lowest BCUT2D eigenvalue weighted by Gasteiger charge is -2.22. The average Bonchev–Trinajstić information content (AvgIpc) is 2.52. The van der Waals surface area contributed by atoms with Crippen LogP contribution in [-0.2, 0) is 8.85 Å². The molecule has 5 nitrogen and oxygen atoms in total. The lowest BCUT2D eigenvalue weighted by molar-refractivity contribution is 0.191. The van der Waals surface area contributed by atoms with Gasteiger partial charge in [0.1, 0.15) is 0 Å². The van der Waals surface area contributed by atoms with Gasteiger partial charge in [-0.05, 0) is 6.55 Å². The van der Waals surface area contributed by atoms with Gasteiger partial charge in [-0.3, -0.25) is 0 Å². The summed E-state index contributed by atoms with van der Waals surface area (Å²) in [5.41, 5.74) is 0. The fourth-order valence-corrected chi connectivity index (χ4v) is 2.18. The third-order valence-corrected chi connectivity index (χ3v) is 5.33. The highest BCUT2D eigenvalue weighted by atomic mass is 28.4. The summed E-state index contributed by atoms with van der Waals surface area (Å²) in [6, 6.07) is 0. The minimum atomic E-state index is -2.74. The molecule has 0 fully saturated rings. The summed E-state index contributed by atoms with van der Waals surface area (Å²) < 4.78 is 79.5. The van der Waals surface area contributed by atoms with Gasteiger partial charge in [0, 0.05) is 14.2 Å². The summed E-state index contributed by atoms with van der Waals surface area (Å²) in [6.45, 7) is 1.56. The van der Waals surface area contributed by atoms with Crippen LogP contribution in [0.15, 0.2) is 0 Å². The van der Waals surface area contributed by atoms with Gasteiger partial charge in [0.15, 0.2) is 0 Å².